The third-order valence-corrected chi connectivity index (χ3v) is 11.6. The smallest absolute Gasteiger partial charge is 0.337 e. The van der Waals surface area contributed by atoms with Crippen LogP contribution in [-0.4, -0.2) is 93.4 Å². The zero-order valence-corrected chi connectivity index (χ0v) is 22.6. The Kier molecular flexibility index (Phi) is 7.51. The largest absolute Gasteiger partial charge is 0.467 e. The minimum absolute atomic E-state index is 0.188. The van der Waals surface area contributed by atoms with E-state index in [1.165, 1.54) is 0 Å². The van der Waals surface area contributed by atoms with E-state index in [0.717, 1.165) is 58.5 Å². The SMILES string of the molecule is COC(=O)[C@@H]1O[C@H](OCC(=O)[C@@]2(O)CC[C@H]3[C@@H]4CC[C@@H]5C[C@H](O)CC[C@]5(C)[C@H]4CC[C@@]32C)[C@H](O)[C@H](O)[C@@H]1O. The molecule has 4 aliphatic carbocycles. The summed E-state index contributed by atoms with van der Waals surface area (Å²) in [5.41, 5.74) is -2.02. The molecule has 0 radical (unpaired) electrons. The number of carbonyl (C=O) groups excluding carboxylic acids is 2. The van der Waals surface area contributed by atoms with E-state index in [1.54, 1.807) is 0 Å². The maximum atomic E-state index is 13.5. The summed E-state index contributed by atoms with van der Waals surface area (Å²) in [5.74, 6) is 0.227. The van der Waals surface area contributed by atoms with Gasteiger partial charge in [0.05, 0.1) is 13.2 Å². The molecule has 38 heavy (non-hydrogen) atoms. The zero-order valence-electron chi connectivity index (χ0n) is 22.6. The van der Waals surface area contributed by atoms with Crippen molar-refractivity contribution in [2.45, 2.75) is 114 Å². The van der Waals surface area contributed by atoms with Gasteiger partial charge in [0.1, 0.15) is 30.5 Å². The van der Waals surface area contributed by atoms with Gasteiger partial charge < -0.3 is 39.7 Å². The molecule has 0 spiro atoms. The van der Waals surface area contributed by atoms with Gasteiger partial charge >= 0.3 is 5.97 Å². The minimum Gasteiger partial charge on any atom is -0.467 e. The summed E-state index contributed by atoms with van der Waals surface area (Å²) in [5, 5.41) is 52.7. The van der Waals surface area contributed by atoms with Gasteiger partial charge in [-0.1, -0.05) is 13.8 Å². The number of carbonyl (C=O) groups is 2. The van der Waals surface area contributed by atoms with E-state index in [4.69, 9.17) is 9.47 Å². The van der Waals surface area contributed by atoms with Crippen LogP contribution >= 0.6 is 0 Å². The van der Waals surface area contributed by atoms with Crippen LogP contribution in [-0.2, 0) is 23.8 Å². The lowest BCUT2D eigenvalue weighted by atomic mass is 9.44. The summed E-state index contributed by atoms with van der Waals surface area (Å²) in [6.07, 6.45) is -0.873. The Morgan fingerprint density at radius 3 is 2.32 bits per heavy atom. The number of ether oxygens (including phenoxy) is 3. The Morgan fingerprint density at radius 1 is 0.895 bits per heavy atom. The number of methoxy groups -OCH3 is 1. The fourth-order valence-corrected chi connectivity index (χ4v) is 9.28. The lowest BCUT2D eigenvalue weighted by Gasteiger charge is -2.61. The maximum Gasteiger partial charge on any atom is 0.337 e. The summed E-state index contributed by atoms with van der Waals surface area (Å²) in [6.45, 7) is 3.85. The van der Waals surface area contributed by atoms with Crippen molar-refractivity contribution in [2.75, 3.05) is 13.7 Å². The fraction of sp³-hybridized carbons (Fsp3) is 0.929. The Morgan fingerprint density at radius 2 is 1.61 bits per heavy atom. The number of rotatable bonds is 5. The first-order valence-corrected chi connectivity index (χ1v) is 14.2. The first-order chi connectivity index (χ1) is 17.9. The highest BCUT2D eigenvalue weighted by Crippen LogP contribution is 2.68. The number of ketones is 1. The molecule has 5 fully saturated rings. The molecule has 5 N–H and O–H groups in total. The topological polar surface area (TPSA) is 163 Å². The van der Waals surface area contributed by atoms with Crippen molar-refractivity contribution in [1.82, 2.24) is 0 Å². The second kappa shape index (κ2) is 10.0. The molecule has 1 saturated heterocycles. The Labute approximate surface area is 223 Å². The molecule has 0 aromatic heterocycles. The van der Waals surface area contributed by atoms with Crippen LogP contribution in [0.2, 0.25) is 0 Å². The van der Waals surface area contributed by atoms with Gasteiger partial charge in [0, 0.05) is 5.41 Å². The van der Waals surface area contributed by atoms with Crippen molar-refractivity contribution < 1.29 is 49.3 Å². The molecule has 10 heteroatoms. The van der Waals surface area contributed by atoms with Gasteiger partial charge in [0.15, 0.2) is 18.2 Å². The molecule has 1 aliphatic heterocycles. The van der Waals surface area contributed by atoms with Crippen molar-refractivity contribution in [3.8, 4) is 0 Å². The van der Waals surface area contributed by atoms with Crippen molar-refractivity contribution in [2.24, 2.45) is 34.5 Å². The molecule has 5 rings (SSSR count). The average molecular weight is 541 g/mol. The third kappa shape index (κ3) is 4.17. The molecule has 13 atom stereocenters. The number of esters is 1. The van der Waals surface area contributed by atoms with E-state index < -0.39 is 60.1 Å². The highest BCUT2D eigenvalue weighted by molar-refractivity contribution is 5.89. The lowest BCUT2D eigenvalue weighted by Crippen LogP contribution is -2.61. The molecule has 5 aliphatic rings. The summed E-state index contributed by atoms with van der Waals surface area (Å²) in [6, 6.07) is 0. The van der Waals surface area contributed by atoms with E-state index in [9.17, 15) is 35.1 Å². The van der Waals surface area contributed by atoms with Crippen LogP contribution in [0.3, 0.4) is 0 Å². The maximum absolute atomic E-state index is 13.5. The number of aliphatic hydroxyl groups excluding tert-OH is 4. The normalized spacial score (nSPS) is 52.4. The average Bonchev–Trinajstić information content (AvgIpc) is 3.18. The van der Waals surface area contributed by atoms with Crippen molar-refractivity contribution in [1.29, 1.82) is 0 Å². The van der Waals surface area contributed by atoms with Gasteiger partial charge in [-0.25, -0.2) is 4.79 Å². The molecule has 0 bridgehead atoms. The first kappa shape index (κ1) is 28.4. The Balaban J connectivity index is 1.28. The second-order valence-corrected chi connectivity index (χ2v) is 13.1. The van der Waals surface area contributed by atoms with Gasteiger partial charge in [-0.15, -0.1) is 0 Å². The van der Waals surface area contributed by atoms with E-state index in [2.05, 4.69) is 11.7 Å². The molecule has 1 heterocycles. The summed E-state index contributed by atoms with van der Waals surface area (Å²) in [4.78, 5) is 25.5. The van der Waals surface area contributed by atoms with E-state index in [0.29, 0.717) is 24.2 Å². The standard InChI is InChI=1S/C28H44O10/c1-26-9-6-15(29)12-14(26)4-5-16-17(26)7-10-27(2)18(16)8-11-28(27,35)19(30)13-37-25-22(33)20(31)21(32)23(38-25)24(34)36-3/h14-18,20-23,25,29,31-33,35H,4-13H2,1-3H3/t14-,15-,16-,17+,18+,20-,21+,22-,23-,25+,26+,27+,28+/m1/s1. The highest BCUT2D eigenvalue weighted by Gasteiger charge is 2.66. The fourth-order valence-electron chi connectivity index (χ4n) is 9.28. The zero-order chi connectivity index (χ0) is 27.6. The molecule has 0 amide bonds. The van der Waals surface area contributed by atoms with Gasteiger partial charge in [0.25, 0.3) is 0 Å². The van der Waals surface area contributed by atoms with Crippen LogP contribution in [0.4, 0.5) is 0 Å². The quantitative estimate of drug-likeness (QED) is 0.314. The molecule has 4 saturated carbocycles. The van der Waals surface area contributed by atoms with Crippen molar-refractivity contribution in [3.05, 3.63) is 0 Å². The molecule has 0 aromatic carbocycles. The number of aliphatic hydroxyl groups is 5. The molecule has 10 nitrogen and oxygen atoms in total. The van der Waals surface area contributed by atoms with Crippen LogP contribution in [0.15, 0.2) is 0 Å². The predicted molar refractivity (Wildman–Crippen MR) is 132 cm³/mol. The number of hydrogen-bond acceptors (Lipinski definition) is 10. The van der Waals surface area contributed by atoms with Crippen LogP contribution < -0.4 is 0 Å². The van der Waals surface area contributed by atoms with Crippen LogP contribution in [0.25, 0.3) is 0 Å². The van der Waals surface area contributed by atoms with E-state index in [1.807, 2.05) is 6.92 Å². The number of fused-ring (bicyclic) bond motifs is 5. The monoisotopic (exact) mass is 540 g/mol. The summed E-state index contributed by atoms with van der Waals surface area (Å²) >= 11 is 0. The molecule has 0 aromatic rings. The Bertz CT molecular complexity index is 927. The van der Waals surface area contributed by atoms with E-state index in [-0.39, 0.29) is 17.4 Å². The molecule has 216 valence electrons. The minimum atomic E-state index is -1.74. The van der Waals surface area contributed by atoms with E-state index >= 15 is 0 Å². The summed E-state index contributed by atoms with van der Waals surface area (Å²) in [7, 11) is 1.10. The third-order valence-electron chi connectivity index (χ3n) is 11.6. The van der Waals surface area contributed by atoms with Gasteiger partial charge in [-0.05, 0) is 86.9 Å². The van der Waals surface area contributed by atoms with Gasteiger partial charge in [-0.2, -0.15) is 0 Å². The van der Waals surface area contributed by atoms with Gasteiger partial charge in [0.2, 0.25) is 0 Å². The van der Waals surface area contributed by atoms with Gasteiger partial charge in [-0.3, -0.25) is 4.79 Å². The van der Waals surface area contributed by atoms with Crippen LogP contribution in [0, 0.1) is 34.5 Å². The van der Waals surface area contributed by atoms with Crippen LogP contribution in [0.1, 0.15) is 71.6 Å². The number of Topliss-reactive ketones (excluding diaryl/α,β-unsaturated/α-hetero) is 1. The van der Waals surface area contributed by atoms with Crippen LogP contribution in [0.5, 0.6) is 0 Å². The highest BCUT2D eigenvalue weighted by atomic mass is 16.7. The second-order valence-electron chi connectivity index (χ2n) is 13.1. The first-order valence-electron chi connectivity index (χ1n) is 14.2. The van der Waals surface area contributed by atoms with Crippen molar-refractivity contribution >= 4 is 11.8 Å². The summed E-state index contributed by atoms with van der Waals surface area (Å²) < 4.78 is 15.4. The Hall–Kier alpha value is -1.14. The molecular weight excluding hydrogens is 496 g/mol. The lowest BCUT2D eigenvalue weighted by molar-refractivity contribution is -0.293. The molecular formula is C28H44O10. The predicted octanol–water partition coefficient (Wildman–Crippen LogP) is 0.687. The van der Waals surface area contributed by atoms with Crippen molar-refractivity contribution in [3.63, 3.8) is 0 Å². The molecule has 0 unspecified atom stereocenters. The number of hydrogen-bond donors (Lipinski definition) is 5.